The van der Waals surface area contributed by atoms with E-state index in [1.165, 1.54) is 0 Å². The van der Waals surface area contributed by atoms with Crippen molar-refractivity contribution >= 4 is 0 Å². The molecule has 1 N–H and O–H groups in total. The van der Waals surface area contributed by atoms with Crippen molar-refractivity contribution in [2.45, 2.75) is 25.2 Å². The van der Waals surface area contributed by atoms with Crippen LogP contribution in [-0.4, -0.2) is 17.5 Å². The van der Waals surface area contributed by atoms with Crippen LogP contribution >= 0.6 is 0 Å². The van der Waals surface area contributed by atoms with E-state index in [2.05, 4.69) is 6.58 Å². The Kier molecular flexibility index (Phi) is 1.65. The van der Waals surface area contributed by atoms with Crippen LogP contribution in [0.25, 0.3) is 0 Å². The van der Waals surface area contributed by atoms with Crippen LogP contribution < -0.4 is 0 Å². The first-order chi connectivity index (χ1) is 3.83. The molecule has 1 heterocycles. The summed E-state index contributed by atoms with van der Waals surface area (Å²) in [6, 6.07) is 0. The lowest BCUT2D eigenvalue weighted by molar-refractivity contribution is -0.0777. The lowest BCUT2D eigenvalue weighted by Gasteiger charge is -2.01. The Balaban J connectivity index is 2.32. The molecule has 0 aromatic rings. The number of hydrogen-bond donors (Lipinski definition) is 1. The highest BCUT2D eigenvalue weighted by atomic mass is 16.6. The van der Waals surface area contributed by atoms with Gasteiger partial charge in [-0.2, -0.15) is 0 Å². The topological polar surface area (TPSA) is 29.5 Å². The van der Waals surface area contributed by atoms with E-state index in [-0.39, 0.29) is 6.10 Å². The van der Waals surface area contributed by atoms with Crippen LogP contribution in [0.15, 0.2) is 12.7 Å². The Morgan fingerprint density at radius 1 is 1.62 bits per heavy atom. The lowest BCUT2D eigenvalue weighted by atomic mass is 10.2. The Labute approximate surface area is 48.8 Å². The van der Waals surface area contributed by atoms with Crippen molar-refractivity contribution in [1.82, 2.24) is 0 Å². The molecular formula is C6H10O2. The summed E-state index contributed by atoms with van der Waals surface area (Å²) in [5.41, 5.74) is 0. The molecule has 2 nitrogen and oxygen atoms in total. The predicted octanol–water partition coefficient (Wildman–Crippen LogP) is 0.670. The molecule has 1 aliphatic heterocycles. The average molecular weight is 114 g/mol. The predicted molar refractivity (Wildman–Crippen MR) is 30.3 cm³/mol. The summed E-state index contributed by atoms with van der Waals surface area (Å²) in [6.45, 7) is 3.54. The summed E-state index contributed by atoms with van der Waals surface area (Å²) < 4.78 is 4.95. The molecule has 0 aliphatic carbocycles. The van der Waals surface area contributed by atoms with Crippen molar-refractivity contribution in [3.05, 3.63) is 12.7 Å². The monoisotopic (exact) mass is 114 g/mol. The minimum absolute atomic E-state index is 0.0880. The fourth-order valence-electron chi connectivity index (χ4n) is 0.818. The fraction of sp³-hybridized carbons (Fsp3) is 0.667. The van der Waals surface area contributed by atoms with Gasteiger partial charge in [0.25, 0.3) is 0 Å². The van der Waals surface area contributed by atoms with Crippen LogP contribution in [0, 0.1) is 0 Å². The van der Waals surface area contributed by atoms with Gasteiger partial charge in [0.15, 0.2) is 6.29 Å². The summed E-state index contributed by atoms with van der Waals surface area (Å²) in [4.78, 5) is 0. The first kappa shape index (κ1) is 5.79. The maximum absolute atomic E-state index is 8.76. The van der Waals surface area contributed by atoms with Crippen molar-refractivity contribution in [3.63, 3.8) is 0 Å². The molecule has 0 spiro atoms. The maximum atomic E-state index is 8.76. The van der Waals surface area contributed by atoms with Gasteiger partial charge < -0.3 is 9.84 Å². The van der Waals surface area contributed by atoms with Gasteiger partial charge in [-0.05, 0) is 6.42 Å². The zero-order chi connectivity index (χ0) is 5.98. The van der Waals surface area contributed by atoms with Gasteiger partial charge in [-0.3, -0.25) is 0 Å². The van der Waals surface area contributed by atoms with Gasteiger partial charge in [0.05, 0.1) is 6.10 Å². The Bertz CT molecular complexity index is 90.5. The van der Waals surface area contributed by atoms with Crippen molar-refractivity contribution in [2.24, 2.45) is 0 Å². The molecule has 0 aromatic heterocycles. The highest BCUT2D eigenvalue weighted by Gasteiger charge is 2.19. The van der Waals surface area contributed by atoms with Gasteiger partial charge in [0, 0.05) is 6.42 Å². The minimum Gasteiger partial charge on any atom is -0.368 e. The van der Waals surface area contributed by atoms with Crippen LogP contribution in [0.5, 0.6) is 0 Å². The zero-order valence-corrected chi connectivity index (χ0v) is 4.71. The molecule has 0 bridgehead atoms. The largest absolute Gasteiger partial charge is 0.368 e. The van der Waals surface area contributed by atoms with E-state index >= 15 is 0 Å². The highest BCUT2D eigenvalue weighted by Crippen LogP contribution is 2.17. The second-order valence-electron chi connectivity index (χ2n) is 1.94. The van der Waals surface area contributed by atoms with Crippen molar-refractivity contribution in [1.29, 1.82) is 0 Å². The van der Waals surface area contributed by atoms with E-state index in [1.807, 2.05) is 0 Å². The Morgan fingerprint density at radius 3 is 2.62 bits per heavy atom. The quantitative estimate of drug-likeness (QED) is 0.508. The summed E-state index contributed by atoms with van der Waals surface area (Å²) in [6.07, 6.45) is 2.92. The summed E-state index contributed by atoms with van der Waals surface area (Å²) in [7, 11) is 0. The highest BCUT2D eigenvalue weighted by molar-refractivity contribution is 4.83. The molecule has 0 amide bonds. The number of aliphatic hydroxyl groups is 1. The van der Waals surface area contributed by atoms with Crippen molar-refractivity contribution in [2.75, 3.05) is 0 Å². The van der Waals surface area contributed by atoms with E-state index in [9.17, 15) is 0 Å². The van der Waals surface area contributed by atoms with Gasteiger partial charge in [0.2, 0.25) is 0 Å². The summed E-state index contributed by atoms with van der Waals surface area (Å²) >= 11 is 0. The first-order valence-electron chi connectivity index (χ1n) is 2.79. The third kappa shape index (κ3) is 1.08. The summed E-state index contributed by atoms with van der Waals surface area (Å²) in [5, 5.41) is 8.76. The molecule has 1 saturated heterocycles. The smallest absolute Gasteiger partial charge is 0.155 e. The average Bonchev–Trinajstić information content (AvgIpc) is 2.14. The van der Waals surface area contributed by atoms with Crippen molar-refractivity contribution in [3.8, 4) is 0 Å². The Morgan fingerprint density at radius 2 is 2.38 bits per heavy atom. The maximum Gasteiger partial charge on any atom is 0.155 e. The molecule has 1 aliphatic rings. The van der Waals surface area contributed by atoms with Crippen LogP contribution in [0.1, 0.15) is 12.8 Å². The van der Waals surface area contributed by atoms with E-state index in [0.717, 1.165) is 12.8 Å². The third-order valence-electron chi connectivity index (χ3n) is 1.29. The van der Waals surface area contributed by atoms with E-state index in [0.29, 0.717) is 0 Å². The van der Waals surface area contributed by atoms with Crippen LogP contribution in [0.3, 0.4) is 0 Å². The second-order valence-corrected chi connectivity index (χ2v) is 1.94. The van der Waals surface area contributed by atoms with E-state index < -0.39 is 6.29 Å². The van der Waals surface area contributed by atoms with Gasteiger partial charge >= 0.3 is 0 Å². The second kappa shape index (κ2) is 2.29. The number of aliphatic hydroxyl groups excluding tert-OH is 1. The molecule has 2 unspecified atom stereocenters. The number of hydrogen-bond acceptors (Lipinski definition) is 2. The lowest BCUT2D eigenvalue weighted by Crippen LogP contribution is -2.06. The third-order valence-corrected chi connectivity index (χ3v) is 1.29. The van der Waals surface area contributed by atoms with Crippen molar-refractivity contribution < 1.29 is 9.84 Å². The molecule has 2 atom stereocenters. The number of ether oxygens (including phenoxy) is 1. The molecule has 1 fully saturated rings. The standard InChI is InChI=1S/C6H10O2/c1-2-5-3-4-6(7)8-5/h2,5-7H,1,3-4H2. The zero-order valence-electron chi connectivity index (χ0n) is 4.71. The molecule has 0 radical (unpaired) electrons. The first-order valence-corrected chi connectivity index (χ1v) is 2.79. The van der Waals surface area contributed by atoms with E-state index in [4.69, 9.17) is 9.84 Å². The van der Waals surface area contributed by atoms with Gasteiger partial charge in [-0.15, -0.1) is 6.58 Å². The molecule has 8 heavy (non-hydrogen) atoms. The van der Waals surface area contributed by atoms with Crippen LogP contribution in [0.2, 0.25) is 0 Å². The van der Waals surface area contributed by atoms with Crippen LogP contribution in [0.4, 0.5) is 0 Å². The molecule has 2 heteroatoms. The fourth-order valence-corrected chi connectivity index (χ4v) is 0.818. The number of rotatable bonds is 1. The molecule has 46 valence electrons. The van der Waals surface area contributed by atoms with Gasteiger partial charge in [-0.1, -0.05) is 6.08 Å². The minimum atomic E-state index is -0.544. The van der Waals surface area contributed by atoms with E-state index in [1.54, 1.807) is 6.08 Å². The molecule has 0 aromatic carbocycles. The normalized spacial score (nSPS) is 37.6. The van der Waals surface area contributed by atoms with Gasteiger partial charge in [0.1, 0.15) is 0 Å². The van der Waals surface area contributed by atoms with Crippen LogP contribution in [-0.2, 0) is 4.74 Å². The molecule has 1 rings (SSSR count). The molecular weight excluding hydrogens is 104 g/mol. The molecule has 0 saturated carbocycles. The summed E-state index contributed by atoms with van der Waals surface area (Å²) in [5.74, 6) is 0. The van der Waals surface area contributed by atoms with Gasteiger partial charge in [-0.25, -0.2) is 0 Å². The Hall–Kier alpha value is -0.340. The SMILES string of the molecule is C=CC1CCC(O)O1.